The summed E-state index contributed by atoms with van der Waals surface area (Å²) >= 11 is 8.76. The minimum Gasteiger partial charge on any atom is -0.489 e. The van der Waals surface area contributed by atoms with Crippen LogP contribution in [-0.4, -0.2) is 22.0 Å². The van der Waals surface area contributed by atoms with Crippen molar-refractivity contribution in [3.8, 4) is 5.75 Å². The number of nitrogens with one attached hydrogen (secondary N) is 1. The maximum atomic E-state index is 13.9. The number of imide groups is 1. The van der Waals surface area contributed by atoms with Gasteiger partial charge in [0.2, 0.25) is 11.8 Å². The summed E-state index contributed by atoms with van der Waals surface area (Å²) < 4.78 is 6.27. The van der Waals surface area contributed by atoms with Gasteiger partial charge in [-0.05, 0) is 42.8 Å². The van der Waals surface area contributed by atoms with Gasteiger partial charge in [0.1, 0.15) is 17.6 Å². The van der Waals surface area contributed by atoms with Gasteiger partial charge in [0, 0.05) is 21.4 Å². The zero-order valence-electron chi connectivity index (χ0n) is 19.6. The number of rotatable bonds is 5. The van der Waals surface area contributed by atoms with Crippen molar-refractivity contribution >= 4 is 52.2 Å². The van der Waals surface area contributed by atoms with Gasteiger partial charge >= 0.3 is 4.87 Å². The fourth-order valence-electron chi connectivity index (χ4n) is 5.04. The van der Waals surface area contributed by atoms with Crippen LogP contribution in [0.1, 0.15) is 27.5 Å². The van der Waals surface area contributed by atoms with Crippen molar-refractivity contribution in [3.05, 3.63) is 109 Å². The summed E-state index contributed by atoms with van der Waals surface area (Å²) in [6, 6.07) is 22.3. The van der Waals surface area contributed by atoms with E-state index < -0.39 is 17.1 Å². The Morgan fingerprint density at radius 3 is 2.57 bits per heavy atom. The average molecular weight is 549 g/mol. The summed E-state index contributed by atoms with van der Waals surface area (Å²) in [5.41, 5.74) is 3.35. The molecule has 2 aliphatic rings. The number of para-hydroxylation sites is 1. The van der Waals surface area contributed by atoms with E-state index in [2.05, 4.69) is 11.1 Å². The van der Waals surface area contributed by atoms with Crippen molar-refractivity contribution < 1.29 is 14.3 Å². The number of amides is 2. The maximum absolute atomic E-state index is 13.9. The van der Waals surface area contributed by atoms with Gasteiger partial charge in [-0.1, -0.05) is 82.7 Å². The first-order valence-electron chi connectivity index (χ1n) is 11.7. The third kappa shape index (κ3) is 4.29. The first-order chi connectivity index (χ1) is 17.9. The standard InChI is InChI=1S/C28H21ClN2O4S2/c1-15-6-5-7-16(12-15)14-35-20-11-10-17(29)13-19(20)21-22-24(36-25-23(21)37-28(34)30-25)27(33)31(26(22)32)18-8-3-2-4-9-18/h2-13,21-22,24H,14H2,1H3,(H,30,34)/t21-,22-,24+/m0/s1. The first-order valence-corrected chi connectivity index (χ1v) is 13.8. The Labute approximate surface area is 226 Å². The Kier molecular flexibility index (Phi) is 6.18. The molecule has 0 aliphatic carbocycles. The number of anilines is 1. The average Bonchev–Trinajstić information content (AvgIpc) is 3.38. The molecular weight excluding hydrogens is 528 g/mol. The van der Waals surface area contributed by atoms with E-state index in [0.717, 1.165) is 27.3 Å². The van der Waals surface area contributed by atoms with Crippen LogP contribution < -0.4 is 14.5 Å². The molecule has 9 heteroatoms. The fourth-order valence-corrected chi connectivity index (χ4v) is 7.73. The predicted molar refractivity (Wildman–Crippen MR) is 146 cm³/mol. The zero-order chi connectivity index (χ0) is 25.7. The van der Waals surface area contributed by atoms with Crippen LogP contribution in [0.25, 0.3) is 0 Å². The Morgan fingerprint density at radius 1 is 0.973 bits per heavy atom. The molecule has 3 heterocycles. The molecule has 37 heavy (non-hydrogen) atoms. The van der Waals surface area contributed by atoms with E-state index >= 15 is 0 Å². The van der Waals surface area contributed by atoms with Crippen molar-refractivity contribution in [3.63, 3.8) is 0 Å². The van der Waals surface area contributed by atoms with Crippen molar-refractivity contribution in [1.82, 2.24) is 4.98 Å². The second kappa shape index (κ2) is 9.52. The number of thiazole rings is 1. The van der Waals surface area contributed by atoms with Crippen LogP contribution in [0.15, 0.2) is 82.6 Å². The summed E-state index contributed by atoms with van der Waals surface area (Å²) in [5, 5.41) is 0.412. The third-order valence-electron chi connectivity index (χ3n) is 6.62. The SMILES string of the molecule is Cc1cccc(COc2ccc(Cl)cc2[C@@H]2c3sc(=O)[nH]c3S[C@H]3C(=O)N(c4ccccc4)C(=O)[C@@H]23)c1. The predicted octanol–water partition coefficient (Wildman–Crippen LogP) is 5.77. The third-order valence-corrected chi connectivity index (χ3v) is 9.26. The number of hydrogen-bond donors (Lipinski definition) is 1. The maximum Gasteiger partial charge on any atom is 0.305 e. The molecule has 0 radical (unpaired) electrons. The van der Waals surface area contributed by atoms with Crippen LogP contribution in [0.3, 0.4) is 0 Å². The van der Waals surface area contributed by atoms with Gasteiger partial charge in [-0.15, -0.1) is 0 Å². The highest BCUT2D eigenvalue weighted by atomic mass is 35.5. The van der Waals surface area contributed by atoms with E-state index in [1.807, 2.05) is 31.2 Å². The summed E-state index contributed by atoms with van der Waals surface area (Å²) in [4.78, 5) is 44.5. The summed E-state index contributed by atoms with van der Waals surface area (Å²) in [6.45, 7) is 2.35. The van der Waals surface area contributed by atoms with Gasteiger partial charge in [-0.3, -0.25) is 14.4 Å². The summed E-state index contributed by atoms with van der Waals surface area (Å²) in [7, 11) is 0. The molecule has 3 aromatic carbocycles. The normalized spacial score (nSPS) is 20.6. The minimum absolute atomic E-state index is 0.230. The van der Waals surface area contributed by atoms with E-state index in [1.54, 1.807) is 42.5 Å². The number of nitrogens with zero attached hydrogens (tertiary/aromatic N) is 1. The van der Waals surface area contributed by atoms with Crippen molar-refractivity contribution in [2.24, 2.45) is 5.92 Å². The molecule has 1 saturated heterocycles. The number of aromatic amines is 1. The molecule has 6 rings (SSSR count). The second-order valence-electron chi connectivity index (χ2n) is 9.06. The molecule has 3 atom stereocenters. The number of hydrogen-bond acceptors (Lipinski definition) is 6. The van der Waals surface area contributed by atoms with E-state index in [9.17, 15) is 14.4 Å². The van der Waals surface area contributed by atoms with E-state index in [1.165, 1.54) is 16.7 Å². The van der Waals surface area contributed by atoms with Crippen LogP contribution in [0.2, 0.25) is 5.02 Å². The number of aryl methyl sites for hydroxylation is 1. The Bertz CT molecular complexity index is 1580. The highest BCUT2D eigenvalue weighted by molar-refractivity contribution is 8.00. The molecule has 1 fully saturated rings. The number of carbonyl (C=O) groups excluding carboxylic acids is 2. The van der Waals surface area contributed by atoms with E-state index in [0.29, 0.717) is 33.7 Å². The lowest BCUT2D eigenvalue weighted by atomic mass is 9.82. The lowest BCUT2D eigenvalue weighted by Crippen LogP contribution is -2.32. The van der Waals surface area contributed by atoms with Crippen LogP contribution in [0.5, 0.6) is 5.75 Å². The molecule has 186 valence electrons. The Hall–Kier alpha value is -3.33. The topological polar surface area (TPSA) is 79.5 Å². The van der Waals surface area contributed by atoms with Crippen LogP contribution in [0, 0.1) is 12.8 Å². The van der Waals surface area contributed by atoms with E-state index in [4.69, 9.17) is 16.3 Å². The number of carbonyl (C=O) groups is 2. The van der Waals surface area contributed by atoms with Gasteiger partial charge in [0.25, 0.3) is 0 Å². The number of ether oxygens (including phenoxy) is 1. The summed E-state index contributed by atoms with van der Waals surface area (Å²) in [5.74, 6) is -1.31. The van der Waals surface area contributed by atoms with Crippen LogP contribution in [-0.2, 0) is 16.2 Å². The molecule has 1 N–H and O–H groups in total. The molecule has 1 aromatic heterocycles. The molecule has 2 amide bonds. The molecule has 0 spiro atoms. The monoisotopic (exact) mass is 548 g/mol. The van der Waals surface area contributed by atoms with Crippen LogP contribution in [0.4, 0.5) is 5.69 Å². The highest BCUT2D eigenvalue weighted by Gasteiger charge is 2.56. The van der Waals surface area contributed by atoms with Gasteiger partial charge in [0.05, 0.1) is 16.6 Å². The molecule has 2 aliphatic heterocycles. The largest absolute Gasteiger partial charge is 0.489 e. The van der Waals surface area contributed by atoms with Crippen LogP contribution >= 0.6 is 34.7 Å². The number of H-pyrrole nitrogens is 1. The van der Waals surface area contributed by atoms with Gasteiger partial charge in [-0.25, -0.2) is 4.90 Å². The quantitative estimate of drug-likeness (QED) is 0.320. The molecule has 6 nitrogen and oxygen atoms in total. The van der Waals surface area contributed by atoms with Crippen molar-refractivity contribution in [1.29, 1.82) is 0 Å². The molecular formula is C28H21ClN2O4S2. The molecule has 0 unspecified atom stereocenters. The summed E-state index contributed by atoms with van der Waals surface area (Å²) in [6.07, 6.45) is 0. The second-order valence-corrected chi connectivity index (χ2v) is 11.7. The smallest absolute Gasteiger partial charge is 0.305 e. The number of thioether (sulfide) groups is 1. The van der Waals surface area contributed by atoms with Gasteiger partial charge < -0.3 is 9.72 Å². The van der Waals surface area contributed by atoms with Gasteiger partial charge in [-0.2, -0.15) is 0 Å². The number of fused-ring (bicyclic) bond motifs is 2. The van der Waals surface area contributed by atoms with Gasteiger partial charge in [0.15, 0.2) is 0 Å². The van der Waals surface area contributed by atoms with Crippen molar-refractivity contribution in [2.75, 3.05) is 4.90 Å². The fraction of sp³-hybridized carbons (Fsp3) is 0.179. The Morgan fingerprint density at radius 2 is 1.78 bits per heavy atom. The number of aromatic nitrogens is 1. The molecule has 4 aromatic rings. The lowest BCUT2D eigenvalue weighted by molar-refractivity contribution is -0.122. The first kappa shape index (κ1) is 24.0. The van der Waals surface area contributed by atoms with E-state index in [-0.39, 0.29) is 16.7 Å². The highest BCUT2D eigenvalue weighted by Crippen LogP contribution is 2.54. The zero-order valence-corrected chi connectivity index (χ0v) is 22.0. The molecule has 0 saturated carbocycles. The van der Waals surface area contributed by atoms with Crippen molar-refractivity contribution in [2.45, 2.75) is 29.7 Å². The Balaban J connectivity index is 1.45. The lowest BCUT2D eigenvalue weighted by Gasteiger charge is -2.31. The number of benzene rings is 3. The molecule has 0 bridgehead atoms. The number of halogens is 1. The minimum atomic E-state index is -0.712.